The van der Waals surface area contributed by atoms with Crippen molar-refractivity contribution in [1.29, 1.82) is 0 Å². The number of carbonyl (C=O) groups excluding carboxylic acids is 2. The second kappa shape index (κ2) is 9.70. The molecule has 1 saturated heterocycles. The molecular formula is C25H28N4O3S. The van der Waals surface area contributed by atoms with Crippen LogP contribution in [0.2, 0.25) is 0 Å². The van der Waals surface area contributed by atoms with E-state index in [1.54, 1.807) is 62.1 Å². The lowest BCUT2D eigenvalue weighted by molar-refractivity contribution is -0.125. The molecule has 0 aliphatic carbocycles. The van der Waals surface area contributed by atoms with Crippen molar-refractivity contribution in [2.45, 2.75) is 19.4 Å². The molecule has 0 saturated carbocycles. The van der Waals surface area contributed by atoms with E-state index in [9.17, 15) is 9.59 Å². The van der Waals surface area contributed by atoms with Crippen molar-refractivity contribution in [3.8, 4) is 5.75 Å². The van der Waals surface area contributed by atoms with Crippen LogP contribution in [0.1, 0.15) is 35.3 Å². The zero-order valence-corrected chi connectivity index (χ0v) is 20.1. The summed E-state index contributed by atoms with van der Waals surface area (Å²) in [6, 6.07) is 14.5. The van der Waals surface area contributed by atoms with Crippen molar-refractivity contribution in [1.82, 2.24) is 9.80 Å². The van der Waals surface area contributed by atoms with E-state index in [0.29, 0.717) is 22.6 Å². The predicted octanol–water partition coefficient (Wildman–Crippen LogP) is 4.16. The zero-order valence-electron chi connectivity index (χ0n) is 19.3. The molecular weight excluding hydrogens is 436 g/mol. The fourth-order valence-corrected chi connectivity index (χ4v) is 5.10. The predicted molar refractivity (Wildman–Crippen MR) is 133 cm³/mol. The average molecular weight is 465 g/mol. The van der Waals surface area contributed by atoms with Gasteiger partial charge in [-0.05, 0) is 49.2 Å². The van der Waals surface area contributed by atoms with Crippen LogP contribution >= 0.6 is 11.8 Å². The van der Waals surface area contributed by atoms with Gasteiger partial charge in [-0.2, -0.15) is 0 Å². The Bertz CT molecular complexity index is 1140. The number of allylic oxidation sites excluding steroid dienone is 1. The minimum Gasteiger partial charge on any atom is -0.497 e. The first-order valence-corrected chi connectivity index (χ1v) is 11.8. The van der Waals surface area contributed by atoms with Gasteiger partial charge in [0.2, 0.25) is 0 Å². The normalized spacial score (nSPS) is 17.8. The van der Waals surface area contributed by atoms with Gasteiger partial charge in [-0.3, -0.25) is 9.59 Å². The number of likely N-dealkylation sites (N-methyl/N-ethyl adjacent to an activating group) is 1. The van der Waals surface area contributed by atoms with Crippen molar-refractivity contribution >= 4 is 34.4 Å². The monoisotopic (exact) mass is 464 g/mol. The number of nitrogens with one attached hydrogen (secondary N) is 1. The van der Waals surface area contributed by atoms with Crippen molar-refractivity contribution in [2.75, 3.05) is 38.8 Å². The molecule has 0 spiro atoms. The highest BCUT2D eigenvalue weighted by molar-refractivity contribution is 8.13. The summed E-state index contributed by atoms with van der Waals surface area (Å²) < 4.78 is 5.23. The van der Waals surface area contributed by atoms with Crippen LogP contribution in [0.3, 0.4) is 0 Å². The van der Waals surface area contributed by atoms with Gasteiger partial charge in [-0.1, -0.05) is 30.0 Å². The third-order valence-electron chi connectivity index (χ3n) is 5.69. The van der Waals surface area contributed by atoms with Gasteiger partial charge in [0.1, 0.15) is 5.75 Å². The van der Waals surface area contributed by atoms with Crippen LogP contribution in [0.4, 0.5) is 5.69 Å². The maximum atomic E-state index is 13.2. The minimum atomic E-state index is -0.256. The van der Waals surface area contributed by atoms with Crippen LogP contribution in [0, 0.1) is 0 Å². The standard InChI is InChI=1S/C25H28N4O3S/c1-16-21(24(31)28(2)3)22(29-12-7-13-33-25(29)26-16)17-8-5-10-19(14-17)27-23(30)18-9-6-11-20(15-18)32-4/h5-6,8-11,14-15,22H,7,12-13H2,1-4H3,(H,27,30)/t22-/m0/s1. The first-order valence-electron chi connectivity index (χ1n) is 10.8. The molecule has 8 heteroatoms. The summed E-state index contributed by atoms with van der Waals surface area (Å²) >= 11 is 1.72. The Morgan fingerprint density at radius 3 is 2.73 bits per heavy atom. The lowest BCUT2D eigenvalue weighted by Crippen LogP contribution is -2.43. The van der Waals surface area contributed by atoms with Crippen molar-refractivity contribution in [2.24, 2.45) is 4.99 Å². The van der Waals surface area contributed by atoms with Crippen LogP contribution in [0.25, 0.3) is 0 Å². The first-order chi connectivity index (χ1) is 15.9. The molecule has 1 N–H and O–H groups in total. The molecule has 0 bridgehead atoms. The SMILES string of the molecule is COc1cccc(C(=O)Nc2cccc([C@H]3C(C(=O)N(C)C)=C(C)N=C4SCCCN43)c2)c1. The van der Waals surface area contributed by atoms with Crippen LogP contribution in [0.15, 0.2) is 64.8 Å². The molecule has 2 aromatic carbocycles. The lowest BCUT2D eigenvalue weighted by atomic mass is 9.93. The van der Waals surface area contributed by atoms with E-state index in [1.807, 2.05) is 31.2 Å². The molecule has 2 aromatic rings. The molecule has 7 nitrogen and oxygen atoms in total. The van der Waals surface area contributed by atoms with Gasteiger partial charge < -0.3 is 19.9 Å². The molecule has 2 heterocycles. The van der Waals surface area contributed by atoms with E-state index in [0.717, 1.165) is 35.1 Å². The Kier molecular flexibility index (Phi) is 6.74. The third-order valence-corrected chi connectivity index (χ3v) is 6.76. The largest absolute Gasteiger partial charge is 0.497 e. The summed E-state index contributed by atoms with van der Waals surface area (Å²) in [4.78, 5) is 34.6. The maximum absolute atomic E-state index is 13.2. The number of nitrogens with zero attached hydrogens (tertiary/aromatic N) is 3. The minimum absolute atomic E-state index is 0.0540. The van der Waals surface area contributed by atoms with Gasteiger partial charge in [0.15, 0.2) is 5.17 Å². The summed E-state index contributed by atoms with van der Waals surface area (Å²) in [5.41, 5.74) is 3.53. The quantitative estimate of drug-likeness (QED) is 0.719. The van der Waals surface area contributed by atoms with Crippen molar-refractivity contribution < 1.29 is 14.3 Å². The highest BCUT2D eigenvalue weighted by Gasteiger charge is 2.37. The van der Waals surface area contributed by atoms with E-state index in [4.69, 9.17) is 9.73 Å². The first kappa shape index (κ1) is 22.9. The number of hydrogen-bond acceptors (Lipinski definition) is 6. The Morgan fingerprint density at radius 2 is 1.97 bits per heavy atom. The number of anilines is 1. The van der Waals surface area contributed by atoms with Crippen molar-refractivity contribution in [3.05, 3.63) is 70.9 Å². The van der Waals surface area contributed by atoms with Crippen molar-refractivity contribution in [3.63, 3.8) is 0 Å². The summed E-state index contributed by atoms with van der Waals surface area (Å²) in [6.07, 6.45) is 1.02. The second-order valence-electron chi connectivity index (χ2n) is 8.20. The highest BCUT2D eigenvalue weighted by atomic mass is 32.2. The summed E-state index contributed by atoms with van der Waals surface area (Å²) in [5, 5.41) is 3.93. The number of aliphatic imine (C=N–C) groups is 1. The molecule has 33 heavy (non-hydrogen) atoms. The Morgan fingerprint density at radius 1 is 1.18 bits per heavy atom. The number of amidine groups is 1. The maximum Gasteiger partial charge on any atom is 0.255 e. The van der Waals surface area contributed by atoms with E-state index >= 15 is 0 Å². The zero-order chi connectivity index (χ0) is 23.5. The number of ether oxygens (including phenoxy) is 1. The smallest absolute Gasteiger partial charge is 0.255 e. The Labute approximate surface area is 198 Å². The number of benzene rings is 2. The van der Waals surface area contributed by atoms with Crippen LogP contribution in [-0.4, -0.2) is 60.3 Å². The molecule has 1 atom stereocenters. The number of fused-ring (bicyclic) bond motifs is 1. The second-order valence-corrected chi connectivity index (χ2v) is 9.26. The van der Waals surface area contributed by atoms with E-state index in [1.165, 1.54) is 0 Å². The molecule has 0 unspecified atom stereocenters. The molecule has 0 radical (unpaired) electrons. The summed E-state index contributed by atoms with van der Waals surface area (Å²) in [6.45, 7) is 2.73. The number of amides is 2. The number of carbonyl (C=O) groups is 2. The molecule has 1 fully saturated rings. The fraction of sp³-hybridized carbons (Fsp3) is 0.320. The Balaban J connectivity index is 1.68. The average Bonchev–Trinajstić information content (AvgIpc) is 2.82. The van der Waals surface area contributed by atoms with Gasteiger partial charge in [0.05, 0.1) is 24.4 Å². The van der Waals surface area contributed by atoms with Gasteiger partial charge in [-0.25, -0.2) is 4.99 Å². The van der Waals surface area contributed by atoms with E-state index < -0.39 is 0 Å². The van der Waals surface area contributed by atoms with Crippen LogP contribution in [0.5, 0.6) is 5.75 Å². The molecule has 172 valence electrons. The van der Waals surface area contributed by atoms with Crippen LogP contribution < -0.4 is 10.1 Å². The van der Waals surface area contributed by atoms with Gasteiger partial charge in [0.25, 0.3) is 11.8 Å². The number of hydrogen-bond donors (Lipinski definition) is 1. The highest BCUT2D eigenvalue weighted by Crippen LogP contribution is 2.40. The van der Waals surface area contributed by atoms with Gasteiger partial charge >= 0.3 is 0 Å². The number of methoxy groups -OCH3 is 1. The summed E-state index contributed by atoms with van der Waals surface area (Å²) in [7, 11) is 5.09. The molecule has 4 rings (SSSR count). The van der Waals surface area contributed by atoms with Gasteiger partial charge in [0, 0.05) is 37.6 Å². The van der Waals surface area contributed by atoms with Crippen LogP contribution in [-0.2, 0) is 4.79 Å². The summed E-state index contributed by atoms with van der Waals surface area (Å²) in [5.74, 6) is 1.37. The Hall–Kier alpha value is -3.26. The lowest BCUT2D eigenvalue weighted by Gasteiger charge is -2.41. The molecule has 0 aromatic heterocycles. The van der Waals surface area contributed by atoms with E-state index in [-0.39, 0.29) is 17.9 Å². The molecule has 2 aliphatic heterocycles. The molecule has 2 amide bonds. The number of thioether (sulfide) groups is 1. The van der Waals surface area contributed by atoms with E-state index in [2.05, 4.69) is 10.2 Å². The molecule has 2 aliphatic rings. The topological polar surface area (TPSA) is 74.2 Å². The van der Waals surface area contributed by atoms with Gasteiger partial charge in [-0.15, -0.1) is 0 Å². The fourth-order valence-electron chi connectivity index (χ4n) is 4.08. The third kappa shape index (κ3) is 4.75. The number of rotatable bonds is 5.